The Labute approximate surface area is 133 Å². The summed E-state index contributed by atoms with van der Waals surface area (Å²) in [6, 6.07) is 8.43. The standard InChI is InChI=1S/C18H19NO4/c20-14-11-17(23-15-7-3-1-5-12(14)15)18(21)19-9-10-22-16-8-4-2-6-13(16)19/h1,3,5,7,11,13,16H,2,4,6,8-10H2/t13-,16-/m0/s1. The van der Waals surface area contributed by atoms with E-state index < -0.39 is 0 Å². The van der Waals surface area contributed by atoms with Crippen molar-refractivity contribution in [1.82, 2.24) is 4.90 Å². The van der Waals surface area contributed by atoms with Crippen molar-refractivity contribution >= 4 is 16.9 Å². The van der Waals surface area contributed by atoms with Crippen LogP contribution in [0.15, 0.2) is 39.5 Å². The number of amides is 1. The zero-order valence-corrected chi connectivity index (χ0v) is 12.9. The van der Waals surface area contributed by atoms with E-state index in [-0.39, 0.29) is 29.2 Å². The Bertz CT molecular complexity index is 795. The first kappa shape index (κ1) is 14.5. The molecule has 1 saturated carbocycles. The first-order chi connectivity index (χ1) is 11.2. The van der Waals surface area contributed by atoms with E-state index in [2.05, 4.69) is 0 Å². The zero-order valence-electron chi connectivity index (χ0n) is 12.9. The SMILES string of the molecule is O=C(c1cc(=O)c2ccccc2o1)N1CCO[C@H]2CCCC[C@@H]21. The van der Waals surface area contributed by atoms with Crippen LogP contribution in [0.4, 0.5) is 0 Å². The number of rotatable bonds is 1. The van der Waals surface area contributed by atoms with Gasteiger partial charge in [-0.2, -0.15) is 0 Å². The van der Waals surface area contributed by atoms with Gasteiger partial charge in [-0.05, 0) is 25.0 Å². The summed E-state index contributed by atoms with van der Waals surface area (Å²) in [4.78, 5) is 26.9. The molecule has 2 fully saturated rings. The molecule has 1 aliphatic heterocycles. The quantitative estimate of drug-likeness (QED) is 0.812. The number of hydrogen-bond donors (Lipinski definition) is 0. The molecule has 1 saturated heterocycles. The van der Waals surface area contributed by atoms with E-state index >= 15 is 0 Å². The minimum Gasteiger partial charge on any atom is -0.451 e. The van der Waals surface area contributed by atoms with Crippen LogP contribution in [-0.2, 0) is 4.74 Å². The third-order valence-electron chi connectivity index (χ3n) is 4.84. The van der Waals surface area contributed by atoms with Gasteiger partial charge in [-0.15, -0.1) is 0 Å². The maximum absolute atomic E-state index is 12.9. The molecular weight excluding hydrogens is 294 g/mol. The molecule has 0 bridgehead atoms. The fourth-order valence-electron chi connectivity index (χ4n) is 3.70. The molecule has 0 radical (unpaired) electrons. The van der Waals surface area contributed by atoms with Crippen LogP contribution >= 0.6 is 0 Å². The van der Waals surface area contributed by atoms with E-state index in [1.54, 1.807) is 24.3 Å². The van der Waals surface area contributed by atoms with Gasteiger partial charge in [0.05, 0.1) is 24.1 Å². The van der Waals surface area contributed by atoms with Crippen LogP contribution in [0, 0.1) is 0 Å². The van der Waals surface area contributed by atoms with Gasteiger partial charge in [-0.25, -0.2) is 0 Å². The number of fused-ring (bicyclic) bond motifs is 2. The molecule has 4 rings (SSSR count). The largest absolute Gasteiger partial charge is 0.451 e. The Morgan fingerprint density at radius 1 is 1.17 bits per heavy atom. The van der Waals surface area contributed by atoms with Crippen molar-refractivity contribution in [2.24, 2.45) is 0 Å². The van der Waals surface area contributed by atoms with Crippen LogP contribution in [0.2, 0.25) is 0 Å². The lowest BCUT2D eigenvalue weighted by Crippen LogP contribution is -2.54. The molecule has 1 aromatic carbocycles. The third kappa shape index (κ3) is 2.55. The van der Waals surface area contributed by atoms with Crippen LogP contribution in [-0.4, -0.2) is 36.1 Å². The van der Waals surface area contributed by atoms with Gasteiger partial charge in [-0.1, -0.05) is 25.0 Å². The van der Waals surface area contributed by atoms with Crippen molar-refractivity contribution in [1.29, 1.82) is 0 Å². The summed E-state index contributed by atoms with van der Waals surface area (Å²) in [5.41, 5.74) is 0.278. The zero-order chi connectivity index (χ0) is 15.8. The van der Waals surface area contributed by atoms with Crippen LogP contribution < -0.4 is 5.43 Å². The minimum absolute atomic E-state index is 0.0989. The number of carbonyl (C=O) groups is 1. The van der Waals surface area contributed by atoms with E-state index in [1.807, 2.05) is 4.90 Å². The molecule has 2 heterocycles. The van der Waals surface area contributed by atoms with Gasteiger partial charge in [0.2, 0.25) is 0 Å². The van der Waals surface area contributed by atoms with Gasteiger partial charge in [0, 0.05) is 12.6 Å². The fraction of sp³-hybridized carbons (Fsp3) is 0.444. The maximum Gasteiger partial charge on any atom is 0.290 e. The molecule has 0 N–H and O–H groups in total. The van der Waals surface area contributed by atoms with Crippen LogP contribution in [0.3, 0.4) is 0 Å². The van der Waals surface area contributed by atoms with E-state index in [1.165, 1.54) is 6.07 Å². The molecule has 1 aliphatic carbocycles. The Kier molecular flexibility index (Phi) is 3.65. The lowest BCUT2D eigenvalue weighted by molar-refractivity contribution is -0.0759. The van der Waals surface area contributed by atoms with Crippen LogP contribution in [0.1, 0.15) is 36.2 Å². The summed E-state index contributed by atoms with van der Waals surface area (Å²) < 4.78 is 11.5. The number of hydrogen-bond acceptors (Lipinski definition) is 4. The first-order valence-corrected chi connectivity index (χ1v) is 8.19. The van der Waals surface area contributed by atoms with Crippen LogP contribution in [0.25, 0.3) is 11.0 Å². The van der Waals surface area contributed by atoms with Crippen molar-refractivity contribution in [2.45, 2.75) is 37.8 Å². The summed E-state index contributed by atoms with van der Waals surface area (Å²) in [6.07, 6.45) is 4.32. The summed E-state index contributed by atoms with van der Waals surface area (Å²) >= 11 is 0. The number of nitrogens with zero attached hydrogens (tertiary/aromatic N) is 1. The number of morpholine rings is 1. The predicted octanol–water partition coefficient (Wildman–Crippen LogP) is 2.58. The van der Waals surface area contributed by atoms with Gasteiger partial charge in [0.1, 0.15) is 5.58 Å². The lowest BCUT2D eigenvalue weighted by atomic mass is 9.90. The third-order valence-corrected chi connectivity index (χ3v) is 4.84. The molecule has 0 unspecified atom stereocenters. The van der Waals surface area contributed by atoms with Crippen molar-refractivity contribution in [3.8, 4) is 0 Å². The molecule has 1 amide bonds. The van der Waals surface area contributed by atoms with E-state index in [4.69, 9.17) is 9.15 Å². The molecule has 1 aromatic heterocycles. The second-order valence-electron chi connectivity index (χ2n) is 6.23. The van der Waals surface area contributed by atoms with Gasteiger partial charge >= 0.3 is 0 Å². The van der Waals surface area contributed by atoms with Gasteiger partial charge in [0.25, 0.3) is 5.91 Å². The fourth-order valence-corrected chi connectivity index (χ4v) is 3.70. The van der Waals surface area contributed by atoms with Crippen molar-refractivity contribution < 1.29 is 13.9 Å². The molecule has 120 valence electrons. The monoisotopic (exact) mass is 313 g/mol. The average molecular weight is 313 g/mol. The lowest BCUT2D eigenvalue weighted by Gasteiger charge is -2.43. The maximum atomic E-state index is 12.9. The van der Waals surface area contributed by atoms with E-state index in [0.29, 0.717) is 24.1 Å². The van der Waals surface area contributed by atoms with E-state index in [9.17, 15) is 9.59 Å². The summed E-state index contributed by atoms with van der Waals surface area (Å²) in [7, 11) is 0. The summed E-state index contributed by atoms with van der Waals surface area (Å²) in [5.74, 6) is -0.0759. The molecule has 5 nitrogen and oxygen atoms in total. The highest BCUT2D eigenvalue weighted by atomic mass is 16.5. The average Bonchev–Trinajstić information content (AvgIpc) is 2.60. The minimum atomic E-state index is -0.201. The Morgan fingerprint density at radius 2 is 2.00 bits per heavy atom. The molecular formula is C18H19NO4. The smallest absolute Gasteiger partial charge is 0.290 e. The Morgan fingerprint density at radius 3 is 2.91 bits per heavy atom. The Hall–Kier alpha value is -2.14. The summed E-state index contributed by atoms with van der Waals surface area (Å²) in [5, 5.41) is 0.501. The highest BCUT2D eigenvalue weighted by molar-refractivity contribution is 5.93. The second-order valence-corrected chi connectivity index (χ2v) is 6.23. The van der Waals surface area contributed by atoms with Crippen molar-refractivity contribution in [3.63, 3.8) is 0 Å². The predicted molar refractivity (Wildman–Crippen MR) is 85.5 cm³/mol. The van der Waals surface area contributed by atoms with Crippen LogP contribution in [0.5, 0.6) is 0 Å². The summed E-state index contributed by atoms with van der Waals surface area (Å²) in [6.45, 7) is 1.10. The molecule has 2 aliphatic rings. The van der Waals surface area contributed by atoms with Crippen molar-refractivity contribution in [3.05, 3.63) is 46.3 Å². The number of carbonyl (C=O) groups excluding carboxylic acids is 1. The second kappa shape index (κ2) is 5.81. The highest BCUT2D eigenvalue weighted by Crippen LogP contribution is 2.29. The molecule has 2 aromatic rings. The highest BCUT2D eigenvalue weighted by Gasteiger charge is 2.37. The van der Waals surface area contributed by atoms with Gasteiger partial charge < -0.3 is 14.1 Å². The molecule has 2 atom stereocenters. The number of benzene rings is 1. The van der Waals surface area contributed by atoms with Crippen molar-refractivity contribution in [2.75, 3.05) is 13.2 Å². The first-order valence-electron chi connectivity index (χ1n) is 8.19. The molecule has 5 heteroatoms. The topological polar surface area (TPSA) is 59.8 Å². The van der Waals surface area contributed by atoms with Gasteiger partial charge in [-0.3, -0.25) is 9.59 Å². The van der Waals surface area contributed by atoms with E-state index in [0.717, 1.165) is 25.7 Å². The van der Waals surface area contributed by atoms with Gasteiger partial charge in [0.15, 0.2) is 11.2 Å². The normalized spacial score (nSPS) is 24.4. The number of ether oxygens (including phenoxy) is 1. The molecule has 0 spiro atoms. The molecule has 23 heavy (non-hydrogen) atoms. The Balaban J connectivity index is 1.69. The number of para-hydroxylation sites is 1.